The van der Waals surface area contributed by atoms with Gasteiger partial charge in [-0.25, -0.2) is 0 Å². The van der Waals surface area contributed by atoms with Crippen molar-refractivity contribution < 1.29 is 9.47 Å². The molecule has 1 atom stereocenters. The van der Waals surface area contributed by atoms with Crippen LogP contribution in [-0.2, 0) is 15.1 Å². The summed E-state index contributed by atoms with van der Waals surface area (Å²) in [5, 5.41) is 0. The van der Waals surface area contributed by atoms with Gasteiger partial charge in [-0.15, -0.1) is 0 Å². The highest BCUT2D eigenvalue weighted by molar-refractivity contribution is 5.47. The number of hydrogen-bond donors (Lipinski definition) is 0. The van der Waals surface area contributed by atoms with Crippen molar-refractivity contribution in [3.63, 3.8) is 0 Å². The third kappa shape index (κ3) is 2.88. The Bertz CT molecular complexity index is 712. The first-order chi connectivity index (χ1) is 12.3. The molecule has 1 heterocycles. The number of benzene rings is 3. The molecule has 1 saturated heterocycles. The van der Waals surface area contributed by atoms with Gasteiger partial charge in [0.15, 0.2) is 5.79 Å². The van der Waals surface area contributed by atoms with E-state index in [4.69, 9.17) is 9.47 Å². The zero-order chi connectivity index (χ0) is 17.2. The van der Waals surface area contributed by atoms with E-state index in [2.05, 4.69) is 79.7 Å². The SMILES string of the molecule is CC[C@]1(OC(c2ccccc2)(c2ccccc2)c2ccccc2)CO1. The maximum absolute atomic E-state index is 6.82. The van der Waals surface area contributed by atoms with E-state index in [9.17, 15) is 0 Å². The van der Waals surface area contributed by atoms with Gasteiger partial charge in [0, 0.05) is 6.42 Å². The van der Waals surface area contributed by atoms with Gasteiger partial charge < -0.3 is 9.47 Å². The number of rotatable bonds is 6. The first-order valence-corrected chi connectivity index (χ1v) is 8.80. The van der Waals surface area contributed by atoms with Gasteiger partial charge in [-0.3, -0.25) is 0 Å². The van der Waals surface area contributed by atoms with E-state index in [1.165, 1.54) is 0 Å². The molecule has 1 aliphatic rings. The Morgan fingerprint density at radius 3 is 1.40 bits per heavy atom. The molecule has 0 unspecified atom stereocenters. The second kappa shape index (κ2) is 6.47. The molecule has 0 radical (unpaired) electrons. The lowest BCUT2D eigenvalue weighted by Crippen LogP contribution is -2.38. The number of ether oxygens (including phenoxy) is 2. The van der Waals surface area contributed by atoms with Gasteiger partial charge in [0.1, 0.15) is 12.2 Å². The maximum atomic E-state index is 6.82. The Labute approximate surface area is 149 Å². The van der Waals surface area contributed by atoms with E-state index in [0.29, 0.717) is 6.61 Å². The lowest BCUT2D eigenvalue weighted by molar-refractivity contribution is -0.120. The van der Waals surface area contributed by atoms with E-state index >= 15 is 0 Å². The molecular formula is C23H22O2. The molecule has 2 nitrogen and oxygen atoms in total. The summed E-state index contributed by atoms with van der Waals surface area (Å²) in [4.78, 5) is 0. The highest BCUT2D eigenvalue weighted by Gasteiger charge is 2.53. The van der Waals surface area contributed by atoms with Crippen LogP contribution in [-0.4, -0.2) is 12.4 Å². The smallest absolute Gasteiger partial charge is 0.193 e. The standard InChI is InChI=1S/C23H22O2/c1-2-22(18-24-22)25-23(19-12-6-3-7-13-19,20-14-8-4-9-15-20)21-16-10-5-11-17-21/h3-17H,2,18H2,1H3/t22-/m0/s1. The van der Waals surface area contributed by atoms with Gasteiger partial charge in [-0.05, 0) is 16.7 Å². The molecule has 126 valence electrons. The molecule has 0 aliphatic carbocycles. The lowest BCUT2D eigenvalue weighted by atomic mass is 9.80. The predicted molar refractivity (Wildman–Crippen MR) is 99.3 cm³/mol. The zero-order valence-corrected chi connectivity index (χ0v) is 14.4. The van der Waals surface area contributed by atoms with Gasteiger partial charge >= 0.3 is 0 Å². The molecule has 0 saturated carbocycles. The van der Waals surface area contributed by atoms with E-state index in [1.807, 2.05) is 18.2 Å². The summed E-state index contributed by atoms with van der Waals surface area (Å²) in [6.07, 6.45) is 0.821. The maximum Gasteiger partial charge on any atom is 0.193 e. The van der Waals surface area contributed by atoms with Crippen molar-refractivity contribution in [3.8, 4) is 0 Å². The van der Waals surface area contributed by atoms with Crippen molar-refractivity contribution >= 4 is 0 Å². The van der Waals surface area contributed by atoms with E-state index < -0.39 is 11.4 Å². The van der Waals surface area contributed by atoms with Crippen molar-refractivity contribution in [2.75, 3.05) is 6.61 Å². The topological polar surface area (TPSA) is 21.8 Å². The summed E-state index contributed by atoms with van der Waals surface area (Å²) in [5.74, 6) is -0.512. The van der Waals surface area contributed by atoms with Crippen LogP contribution in [0.1, 0.15) is 30.0 Å². The van der Waals surface area contributed by atoms with Gasteiger partial charge in [0.25, 0.3) is 0 Å². The minimum atomic E-state index is -0.698. The van der Waals surface area contributed by atoms with Crippen LogP contribution in [0.3, 0.4) is 0 Å². The van der Waals surface area contributed by atoms with Gasteiger partial charge in [0.05, 0.1) is 0 Å². The molecule has 0 aromatic heterocycles. The largest absolute Gasteiger partial charge is 0.342 e. The van der Waals surface area contributed by atoms with Crippen molar-refractivity contribution in [2.24, 2.45) is 0 Å². The van der Waals surface area contributed by atoms with E-state index in [1.54, 1.807) is 0 Å². The Balaban J connectivity index is 1.98. The quantitative estimate of drug-likeness (QED) is 0.461. The average Bonchev–Trinajstić information content (AvgIpc) is 3.48. The number of hydrogen-bond acceptors (Lipinski definition) is 2. The molecule has 1 fully saturated rings. The van der Waals surface area contributed by atoms with Crippen LogP contribution >= 0.6 is 0 Å². The summed E-state index contributed by atoms with van der Waals surface area (Å²) < 4.78 is 12.6. The Hall–Kier alpha value is -2.42. The van der Waals surface area contributed by atoms with Crippen molar-refractivity contribution in [1.82, 2.24) is 0 Å². The molecule has 0 amide bonds. The summed E-state index contributed by atoms with van der Waals surface area (Å²) >= 11 is 0. The minimum absolute atomic E-state index is 0.512. The second-order valence-corrected chi connectivity index (χ2v) is 6.43. The van der Waals surface area contributed by atoms with Crippen LogP contribution in [0.2, 0.25) is 0 Å². The molecule has 1 aliphatic heterocycles. The Morgan fingerprint density at radius 2 is 1.12 bits per heavy atom. The molecule has 0 N–H and O–H groups in total. The summed E-state index contributed by atoms with van der Waals surface area (Å²) in [5.41, 5.74) is 2.62. The predicted octanol–water partition coefficient (Wildman–Crippen LogP) is 5.13. The minimum Gasteiger partial charge on any atom is -0.342 e. The number of epoxide rings is 1. The highest BCUT2D eigenvalue weighted by atomic mass is 16.8. The van der Waals surface area contributed by atoms with E-state index in [0.717, 1.165) is 23.1 Å². The lowest BCUT2D eigenvalue weighted by Gasteiger charge is -2.38. The third-order valence-corrected chi connectivity index (χ3v) is 4.89. The molecule has 3 aromatic carbocycles. The fourth-order valence-corrected chi connectivity index (χ4v) is 3.39. The monoisotopic (exact) mass is 330 g/mol. The molecule has 25 heavy (non-hydrogen) atoms. The highest BCUT2D eigenvalue weighted by Crippen LogP contribution is 2.47. The molecule has 0 spiro atoms. The summed E-state index contributed by atoms with van der Waals surface area (Å²) in [6.45, 7) is 2.75. The van der Waals surface area contributed by atoms with Crippen LogP contribution in [0.15, 0.2) is 91.0 Å². The van der Waals surface area contributed by atoms with Crippen LogP contribution in [0.25, 0.3) is 0 Å². The molecule has 4 rings (SSSR count). The second-order valence-electron chi connectivity index (χ2n) is 6.43. The van der Waals surface area contributed by atoms with Gasteiger partial charge in [0.2, 0.25) is 0 Å². The Morgan fingerprint density at radius 1 is 0.760 bits per heavy atom. The third-order valence-electron chi connectivity index (χ3n) is 4.89. The molecule has 3 aromatic rings. The first kappa shape index (κ1) is 16.1. The molecular weight excluding hydrogens is 308 g/mol. The van der Waals surface area contributed by atoms with Crippen LogP contribution in [0, 0.1) is 0 Å². The summed E-state index contributed by atoms with van der Waals surface area (Å²) in [6, 6.07) is 31.3. The average molecular weight is 330 g/mol. The van der Waals surface area contributed by atoms with Crippen molar-refractivity contribution in [2.45, 2.75) is 24.7 Å². The van der Waals surface area contributed by atoms with Crippen LogP contribution in [0.4, 0.5) is 0 Å². The van der Waals surface area contributed by atoms with Gasteiger partial charge in [-0.2, -0.15) is 0 Å². The summed E-state index contributed by atoms with van der Waals surface area (Å²) in [7, 11) is 0. The van der Waals surface area contributed by atoms with Crippen LogP contribution in [0.5, 0.6) is 0 Å². The Kier molecular flexibility index (Phi) is 4.16. The normalized spacial score (nSPS) is 19.6. The fraction of sp³-hybridized carbons (Fsp3) is 0.217. The fourth-order valence-electron chi connectivity index (χ4n) is 3.39. The zero-order valence-electron chi connectivity index (χ0n) is 14.4. The van der Waals surface area contributed by atoms with Crippen molar-refractivity contribution in [1.29, 1.82) is 0 Å². The van der Waals surface area contributed by atoms with Crippen LogP contribution < -0.4 is 0 Å². The van der Waals surface area contributed by atoms with Crippen molar-refractivity contribution in [3.05, 3.63) is 108 Å². The van der Waals surface area contributed by atoms with Gasteiger partial charge in [-0.1, -0.05) is 97.9 Å². The van der Waals surface area contributed by atoms with E-state index in [-0.39, 0.29) is 0 Å². The molecule has 2 heteroatoms. The first-order valence-electron chi connectivity index (χ1n) is 8.80. The molecule has 0 bridgehead atoms.